The van der Waals surface area contributed by atoms with Crippen molar-refractivity contribution in [1.29, 1.82) is 5.26 Å². The summed E-state index contributed by atoms with van der Waals surface area (Å²) in [6, 6.07) is 64.6. The Balaban J connectivity index is 0.945. The van der Waals surface area contributed by atoms with Crippen LogP contribution in [0.1, 0.15) is 23.5 Å². The Morgan fingerprint density at radius 3 is 1.57 bits per heavy atom. The van der Waals surface area contributed by atoms with Crippen LogP contribution in [0, 0.1) is 11.3 Å². The largest absolute Gasteiger partial charge is 0.192 e. The van der Waals surface area contributed by atoms with E-state index in [1.54, 1.807) is 0 Å². The van der Waals surface area contributed by atoms with Gasteiger partial charge in [0.05, 0.1) is 11.6 Å². The lowest BCUT2D eigenvalue weighted by Gasteiger charge is -2.23. The van der Waals surface area contributed by atoms with Gasteiger partial charge in [0.25, 0.3) is 0 Å². The van der Waals surface area contributed by atoms with E-state index in [1.165, 1.54) is 86.9 Å². The molecule has 0 bridgehead atoms. The zero-order chi connectivity index (χ0) is 38.3. The molecule has 0 saturated carbocycles. The smallest absolute Gasteiger partial charge is 0.0991 e. The zero-order valence-electron chi connectivity index (χ0n) is 31.7. The highest BCUT2D eigenvalue weighted by atomic mass is 14.2. The van der Waals surface area contributed by atoms with E-state index >= 15 is 0 Å². The first-order valence-electron chi connectivity index (χ1n) is 20.1. The number of hydrogen-bond acceptors (Lipinski definition) is 1. The van der Waals surface area contributed by atoms with E-state index < -0.39 is 0 Å². The Morgan fingerprint density at radius 2 is 0.931 bits per heavy atom. The Labute approximate surface area is 336 Å². The quantitative estimate of drug-likeness (QED) is 0.162. The first kappa shape index (κ1) is 32.7. The average molecular weight is 734 g/mol. The molecule has 0 amide bonds. The summed E-state index contributed by atoms with van der Waals surface area (Å²) in [5.41, 5.74) is 13.9. The molecule has 1 atom stereocenters. The Bertz CT molecular complexity index is 3490. The van der Waals surface area contributed by atoms with Gasteiger partial charge in [0.15, 0.2) is 0 Å². The number of rotatable bonds is 5. The molecule has 58 heavy (non-hydrogen) atoms. The minimum atomic E-state index is 0.454. The van der Waals surface area contributed by atoms with Crippen molar-refractivity contribution in [1.82, 2.24) is 0 Å². The minimum absolute atomic E-state index is 0.454. The number of nitriles is 1. The van der Waals surface area contributed by atoms with Crippen molar-refractivity contribution < 1.29 is 0 Å². The van der Waals surface area contributed by atoms with Crippen LogP contribution in [0.3, 0.4) is 0 Å². The molecular weight excluding hydrogens is 699 g/mol. The molecule has 1 unspecified atom stereocenters. The molecule has 10 aromatic rings. The van der Waals surface area contributed by atoms with E-state index in [9.17, 15) is 5.26 Å². The van der Waals surface area contributed by atoms with Crippen LogP contribution in [0.25, 0.3) is 111 Å². The molecule has 0 fully saturated rings. The summed E-state index contributed by atoms with van der Waals surface area (Å²) in [6.07, 6.45) is 10.3. The predicted octanol–water partition coefficient (Wildman–Crippen LogP) is 13.6. The maximum Gasteiger partial charge on any atom is 0.0991 e. The summed E-state index contributed by atoms with van der Waals surface area (Å²) >= 11 is 0. The second-order valence-electron chi connectivity index (χ2n) is 15.9. The van der Waals surface area contributed by atoms with Crippen molar-refractivity contribution in [2.45, 2.75) is 12.3 Å². The first-order chi connectivity index (χ1) is 28.7. The van der Waals surface area contributed by atoms with Crippen LogP contribution >= 0.6 is 0 Å². The molecular formula is C57H35N. The molecule has 0 radical (unpaired) electrons. The Morgan fingerprint density at radius 1 is 0.431 bits per heavy atom. The van der Waals surface area contributed by atoms with E-state index in [-0.39, 0.29) is 0 Å². The maximum atomic E-state index is 9.51. The van der Waals surface area contributed by atoms with E-state index in [0.717, 1.165) is 34.2 Å². The van der Waals surface area contributed by atoms with Crippen molar-refractivity contribution in [3.05, 3.63) is 204 Å². The van der Waals surface area contributed by atoms with E-state index in [0.29, 0.717) is 11.5 Å². The molecule has 2 aliphatic rings. The van der Waals surface area contributed by atoms with Gasteiger partial charge in [0, 0.05) is 5.92 Å². The molecule has 10 aromatic carbocycles. The number of hydrogen-bond donors (Lipinski definition) is 0. The summed E-state index contributed by atoms with van der Waals surface area (Å²) in [5.74, 6) is 0.454. The molecule has 12 rings (SSSR count). The highest BCUT2D eigenvalue weighted by molar-refractivity contribution is 6.25. The second-order valence-corrected chi connectivity index (χ2v) is 15.9. The normalized spacial score (nSPS) is 14.2. The second kappa shape index (κ2) is 12.8. The summed E-state index contributed by atoms with van der Waals surface area (Å²) in [5, 5.41) is 22.7. The van der Waals surface area contributed by atoms with E-state index in [2.05, 4.69) is 188 Å². The van der Waals surface area contributed by atoms with E-state index in [4.69, 9.17) is 0 Å². The van der Waals surface area contributed by atoms with Gasteiger partial charge in [-0.2, -0.15) is 5.26 Å². The lowest BCUT2D eigenvalue weighted by Crippen LogP contribution is -2.22. The van der Waals surface area contributed by atoms with Gasteiger partial charge < -0.3 is 0 Å². The van der Waals surface area contributed by atoms with Gasteiger partial charge in [-0.25, -0.2) is 0 Å². The van der Waals surface area contributed by atoms with Crippen LogP contribution in [0.2, 0.25) is 0 Å². The highest BCUT2D eigenvalue weighted by Gasteiger charge is 2.20. The maximum absolute atomic E-state index is 9.51. The molecule has 0 spiro atoms. The minimum Gasteiger partial charge on any atom is -0.192 e. The van der Waals surface area contributed by atoms with Crippen LogP contribution in [-0.4, -0.2) is 0 Å². The van der Waals surface area contributed by atoms with Crippen LogP contribution in [0.4, 0.5) is 0 Å². The number of benzene rings is 10. The van der Waals surface area contributed by atoms with Gasteiger partial charge in [-0.1, -0.05) is 164 Å². The predicted molar refractivity (Wildman–Crippen MR) is 244 cm³/mol. The summed E-state index contributed by atoms with van der Waals surface area (Å²) in [7, 11) is 0. The fourth-order valence-corrected chi connectivity index (χ4v) is 9.86. The molecule has 1 nitrogen and oxygen atoms in total. The number of nitrogens with zero attached hydrogens (tertiary/aromatic N) is 1. The SMILES string of the molecule is N#Cc1ccc(-c2cc(-c3ccc(-c4ccc5c6c7c(ccc46)=CC=CC7CC=5)cc3)cc(-c3ccc(-c4ccc5ccc6cccc7ccc4c5c67)cc3)c2)cc1. The molecule has 1 heteroatoms. The molecule has 0 aliphatic heterocycles. The third-order valence-electron chi connectivity index (χ3n) is 12.7. The van der Waals surface area contributed by atoms with Crippen molar-refractivity contribution in [3.63, 3.8) is 0 Å². The topological polar surface area (TPSA) is 23.8 Å². The van der Waals surface area contributed by atoms with Crippen LogP contribution in [-0.2, 0) is 0 Å². The fourth-order valence-electron chi connectivity index (χ4n) is 9.86. The average Bonchev–Trinajstić information content (AvgIpc) is 3.30. The summed E-state index contributed by atoms with van der Waals surface area (Å²) in [6.45, 7) is 0. The molecule has 0 aromatic heterocycles. The highest BCUT2D eigenvalue weighted by Crippen LogP contribution is 2.41. The van der Waals surface area contributed by atoms with Crippen molar-refractivity contribution in [2.75, 3.05) is 0 Å². The zero-order valence-corrected chi connectivity index (χ0v) is 31.7. The summed E-state index contributed by atoms with van der Waals surface area (Å²) < 4.78 is 0. The fraction of sp³-hybridized carbons (Fsp3) is 0.0351. The lowest BCUT2D eigenvalue weighted by atomic mass is 9.81. The molecule has 0 heterocycles. The standard InChI is InChI=1S/C57H35N/c58-34-35-7-9-36(10-8-35)47-31-48(37-11-15-39(16-12-37)50-27-23-45-21-19-41-3-1-5-43-25-29-52(50)56(45)54(41)43)33-49(32-47)38-13-17-40(18-14-38)51-28-24-46-22-20-42-4-2-6-44-26-30-53(51)57(46)55(42)44/h1-19,21-33,42H,20H2. The van der Waals surface area contributed by atoms with Crippen LogP contribution in [0.5, 0.6) is 0 Å². The van der Waals surface area contributed by atoms with Crippen LogP contribution < -0.4 is 10.4 Å². The van der Waals surface area contributed by atoms with Gasteiger partial charge in [0.1, 0.15) is 0 Å². The van der Waals surface area contributed by atoms with Gasteiger partial charge in [-0.05, 0) is 151 Å². The lowest BCUT2D eigenvalue weighted by molar-refractivity contribution is 0.877. The van der Waals surface area contributed by atoms with Crippen molar-refractivity contribution in [3.8, 4) is 61.7 Å². The molecule has 268 valence electrons. The number of allylic oxidation sites excluding steroid dienone is 2. The third kappa shape index (κ3) is 5.09. The van der Waals surface area contributed by atoms with Crippen molar-refractivity contribution in [2.24, 2.45) is 0 Å². The van der Waals surface area contributed by atoms with Gasteiger partial charge >= 0.3 is 0 Å². The van der Waals surface area contributed by atoms with Gasteiger partial charge in [-0.3, -0.25) is 0 Å². The van der Waals surface area contributed by atoms with Crippen LogP contribution in [0.15, 0.2) is 182 Å². The van der Waals surface area contributed by atoms with Crippen molar-refractivity contribution >= 4 is 55.2 Å². The van der Waals surface area contributed by atoms with E-state index in [1.807, 2.05) is 12.1 Å². The molecule has 0 saturated heterocycles. The monoisotopic (exact) mass is 733 g/mol. The third-order valence-corrected chi connectivity index (χ3v) is 12.7. The Kier molecular flexibility index (Phi) is 7.19. The molecule has 0 N–H and O–H groups in total. The Hall–Kier alpha value is -7.53. The molecule has 2 aliphatic carbocycles. The van der Waals surface area contributed by atoms with Gasteiger partial charge in [0.2, 0.25) is 0 Å². The first-order valence-corrected chi connectivity index (χ1v) is 20.1. The summed E-state index contributed by atoms with van der Waals surface area (Å²) in [4.78, 5) is 0. The van der Waals surface area contributed by atoms with Gasteiger partial charge in [-0.15, -0.1) is 0 Å².